The van der Waals surface area contributed by atoms with Gasteiger partial charge in [0.15, 0.2) is 11.6 Å². The van der Waals surface area contributed by atoms with Gasteiger partial charge in [-0.25, -0.2) is 13.2 Å². The van der Waals surface area contributed by atoms with Crippen LogP contribution in [0.15, 0.2) is 42.5 Å². The Balaban J connectivity index is 1.89. The molecular weight excluding hydrogens is 317 g/mol. The second kappa shape index (κ2) is 5.16. The van der Waals surface area contributed by atoms with Gasteiger partial charge in [-0.1, -0.05) is 24.3 Å². The van der Waals surface area contributed by atoms with Gasteiger partial charge in [-0.05, 0) is 30.2 Å². The molecule has 1 saturated carbocycles. The molecule has 0 radical (unpaired) electrons. The Labute approximate surface area is 138 Å². The van der Waals surface area contributed by atoms with E-state index in [2.05, 4.69) is 0 Å². The fourth-order valence-corrected chi connectivity index (χ4v) is 4.04. The molecule has 1 aliphatic carbocycles. The predicted octanol–water partition coefficient (Wildman–Crippen LogP) is 4.70. The van der Waals surface area contributed by atoms with Crippen molar-refractivity contribution in [2.75, 3.05) is 7.11 Å². The second-order valence-corrected chi connectivity index (χ2v) is 6.48. The summed E-state index contributed by atoms with van der Waals surface area (Å²) in [5.41, 5.74) is 0.770. The van der Waals surface area contributed by atoms with Crippen LogP contribution >= 0.6 is 0 Å². The van der Waals surface area contributed by atoms with Crippen LogP contribution in [-0.4, -0.2) is 19.1 Å². The highest BCUT2D eigenvalue weighted by Gasteiger charge is 2.58. The van der Waals surface area contributed by atoms with E-state index in [9.17, 15) is 13.2 Å². The molecule has 0 spiro atoms. The molecule has 2 atom stereocenters. The van der Waals surface area contributed by atoms with Crippen molar-refractivity contribution in [1.29, 1.82) is 0 Å². The van der Waals surface area contributed by atoms with Gasteiger partial charge in [0.1, 0.15) is 11.9 Å². The second-order valence-electron chi connectivity index (χ2n) is 6.48. The zero-order valence-corrected chi connectivity index (χ0v) is 13.2. The van der Waals surface area contributed by atoms with E-state index in [0.717, 1.165) is 5.56 Å². The van der Waals surface area contributed by atoms with Gasteiger partial charge in [-0.15, -0.1) is 0 Å². The summed E-state index contributed by atoms with van der Waals surface area (Å²) in [5.74, 6) is -2.50. The highest BCUT2D eigenvalue weighted by Crippen LogP contribution is 2.57. The van der Waals surface area contributed by atoms with Crippen LogP contribution in [0, 0.1) is 5.82 Å². The Kier molecular flexibility index (Phi) is 3.31. The molecule has 0 aromatic heterocycles. The minimum atomic E-state index is -2.79. The summed E-state index contributed by atoms with van der Waals surface area (Å²) < 4.78 is 53.0. The number of benzene rings is 2. The van der Waals surface area contributed by atoms with E-state index in [1.165, 1.54) is 6.07 Å². The van der Waals surface area contributed by atoms with Crippen molar-refractivity contribution < 1.29 is 22.6 Å². The van der Waals surface area contributed by atoms with E-state index < -0.39 is 29.7 Å². The van der Waals surface area contributed by atoms with E-state index in [1.807, 2.05) is 12.1 Å². The molecule has 5 heteroatoms. The van der Waals surface area contributed by atoms with Crippen molar-refractivity contribution in [1.82, 2.24) is 0 Å². The van der Waals surface area contributed by atoms with E-state index >= 15 is 0 Å². The molecule has 2 aliphatic rings. The molecule has 2 nitrogen and oxygen atoms in total. The lowest BCUT2D eigenvalue weighted by Crippen LogP contribution is -2.48. The average Bonchev–Trinajstić information content (AvgIpc) is 2.90. The number of para-hydroxylation sites is 1. The minimum absolute atomic E-state index is 0.107. The number of methoxy groups -OCH3 is 1. The predicted molar refractivity (Wildman–Crippen MR) is 83.4 cm³/mol. The first kappa shape index (κ1) is 15.4. The van der Waals surface area contributed by atoms with Gasteiger partial charge >= 0.3 is 0 Å². The van der Waals surface area contributed by atoms with Gasteiger partial charge in [0.05, 0.1) is 12.5 Å². The molecule has 2 aromatic rings. The molecule has 0 N–H and O–H groups in total. The Morgan fingerprint density at radius 1 is 1.08 bits per heavy atom. The third kappa shape index (κ3) is 2.10. The molecule has 2 unspecified atom stereocenters. The van der Waals surface area contributed by atoms with E-state index in [4.69, 9.17) is 9.47 Å². The fraction of sp³-hybridized carbons (Fsp3) is 0.368. The maximum Gasteiger partial charge on any atom is 0.251 e. The molecule has 4 rings (SSSR count). The average molecular weight is 334 g/mol. The number of halogens is 3. The number of hydrogen-bond acceptors (Lipinski definition) is 2. The van der Waals surface area contributed by atoms with Crippen molar-refractivity contribution >= 4 is 0 Å². The monoisotopic (exact) mass is 334 g/mol. The van der Waals surface area contributed by atoms with Crippen molar-refractivity contribution in [2.45, 2.75) is 36.7 Å². The third-order valence-corrected chi connectivity index (χ3v) is 5.23. The van der Waals surface area contributed by atoms with Crippen molar-refractivity contribution in [3.05, 3.63) is 59.4 Å². The Morgan fingerprint density at radius 3 is 2.54 bits per heavy atom. The largest absolute Gasteiger partial charge is 0.497 e. The molecule has 1 fully saturated rings. The van der Waals surface area contributed by atoms with Gasteiger partial charge < -0.3 is 9.47 Å². The van der Waals surface area contributed by atoms with Gasteiger partial charge in [-0.3, -0.25) is 0 Å². The number of ether oxygens (including phenoxy) is 2. The molecular formula is C19H17F3O2. The van der Waals surface area contributed by atoms with Crippen molar-refractivity contribution in [3.63, 3.8) is 0 Å². The summed E-state index contributed by atoms with van der Waals surface area (Å²) in [6.07, 6.45) is -1.21. The Bertz CT molecular complexity index is 773. The van der Waals surface area contributed by atoms with Crippen LogP contribution in [0.3, 0.4) is 0 Å². The Hall–Kier alpha value is -2.17. The summed E-state index contributed by atoms with van der Waals surface area (Å²) in [6.45, 7) is 0. The lowest BCUT2D eigenvalue weighted by atomic mass is 9.64. The summed E-state index contributed by atoms with van der Waals surface area (Å²) in [7, 11) is 1.57. The Morgan fingerprint density at radius 2 is 1.83 bits per heavy atom. The molecule has 0 amide bonds. The SMILES string of the molecule is COc1ccc(C23CCC(F)(F)CC2Oc2c(F)cccc23)cc1. The molecule has 126 valence electrons. The highest BCUT2D eigenvalue weighted by molar-refractivity contribution is 5.54. The number of hydrogen-bond donors (Lipinski definition) is 0. The third-order valence-electron chi connectivity index (χ3n) is 5.23. The quantitative estimate of drug-likeness (QED) is 0.792. The van der Waals surface area contributed by atoms with Gasteiger partial charge in [0.25, 0.3) is 5.92 Å². The van der Waals surface area contributed by atoms with Gasteiger partial charge in [0, 0.05) is 18.4 Å². The summed E-state index contributed by atoms with van der Waals surface area (Å²) in [4.78, 5) is 0. The number of fused-ring (bicyclic) bond motifs is 3. The minimum Gasteiger partial charge on any atom is -0.497 e. The van der Waals surface area contributed by atoms with Gasteiger partial charge in [-0.2, -0.15) is 0 Å². The molecule has 0 saturated heterocycles. The molecule has 2 aromatic carbocycles. The fourth-order valence-electron chi connectivity index (χ4n) is 4.04. The van der Waals surface area contributed by atoms with Crippen molar-refractivity contribution in [2.24, 2.45) is 0 Å². The first-order valence-corrected chi connectivity index (χ1v) is 7.94. The van der Waals surface area contributed by atoms with Crippen LogP contribution in [0.1, 0.15) is 30.4 Å². The lowest BCUT2D eigenvalue weighted by Gasteiger charge is -2.41. The zero-order chi connectivity index (χ0) is 16.9. The summed E-state index contributed by atoms with van der Waals surface area (Å²) in [6, 6.07) is 12.0. The van der Waals surface area contributed by atoms with Crippen LogP contribution in [-0.2, 0) is 5.41 Å². The van der Waals surface area contributed by atoms with Crippen LogP contribution in [0.5, 0.6) is 11.5 Å². The molecule has 24 heavy (non-hydrogen) atoms. The summed E-state index contributed by atoms with van der Waals surface area (Å²) in [5, 5.41) is 0. The number of rotatable bonds is 2. The molecule has 0 bridgehead atoms. The topological polar surface area (TPSA) is 18.5 Å². The van der Waals surface area contributed by atoms with Gasteiger partial charge in [0.2, 0.25) is 0 Å². The lowest BCUT2D eigenvalue weighted by molar-refractivity contribution is -0.0833. The maximum atomic E-state index is 14.2. The van der Waals surface area contributed by atoms with E-state index in [-0.39, 0.29) is 18.6 Å². The zero-order valence-electron chi connectivity index (χ0n) is 13.2. The standard InChI is InChI=1S/C19H17F3O2/c1-23-13-7-5-12(6-8-13)19-10-9-18(21,22)11-16(19)24-17-14(19)3-2-4-15(17)20/h2-8,16H,9-11H2,1H3. The smallest absolute Gasteiger partial charge is 0.251 e. The summed E-state index contributed by atoms with van der Waals surface area (Å²) >= 11 is 0. The van der Waals surface area contributed by atoms with E-state index in [0.29, 0.717) is 11.3 Å². The number of alkyl halides is 2. The van der Waals surface area contributed by atoms with Crippen LogP contribution in [0.25, 0.3) is 0 Å². The van der Waals surface area contributed by atoms with Crippen LogP contribution in [0.2, 0.25) is 0 Å². The van der Waals surface area contributed by atoms with Crippen LogP contribution in [0.4, 0.5) is 13.2 Å². The first-order chi connectivity index (χ1) is 11.5. The molecule has 1 heterocycles. The highest BCUT2D eigenvalue weighted by atomic mass is 19.3. The van der Waals surface area contributed by atoms with Crippen LogP contribution < -0.4 is 9.47 Å². The normalized spacial score (nSPS) is 27.1. The van der Waals surface area contributed by atoms with Crippen molar-refractivity contribution in [3.8, 4) is 11.5 Å². The maximum absolute atomic E-state index is 14.2. The molecule has 1 aliphatic heterocycles. The van der Waals surface area contributed by atoms with E-state index in [1.54, 1.807) is 31.4 Å². The first-order valence-electron chi connectivity index (χ1n) is 7.94.